The Morgan fingerprint density at radius 3 is 2.67 bits per heavy atom. The van der Waals surface area contributed by atoms with Crippen LogP contribution in [0.5, 0.6) is 11.5 Å². The molecule has 1 aliphatic carbocycles. The van der Waals surface area contributed by atoms with Crippen molar-refractivity contribution in [3.05, 3.63) is 23.8 Å². The number of halogens is 2. The minimum atomic E-state index is -3.73. The molecule has 0 bridgehead atoms. The van der Waals surface area contributed by atoms with Crippen molar-refractivity contribution in [2.45, 2.75) is 44.1 Å². The summed E-state index contributed by atoms with van der Waals surface area (Å²) < 4.78 is 34.9. The first-order valence-corrected chi connectivity index (χ1v) is 6.90. The Morgan fingerprint density at radius 2 is 1.95 bits per heavy atom. The molecule has 3 rings (SSSR count). The number of rotatable bonds is 2. The van der Waals surface area contributed by atoms with Crippen molar-refractivity contribution in [3.8, 4) is 11.5 Å². The molecular formula is C14H16F2N2O3. The van der Waals surface area contributed by atoms with E-state index < -0.39 is 12.2 Å². The lowest BCUT2D eigenvalue weighted by Gasteiger charge is -2.26. The normalized spacial score (nSPS) is 26.4. The summed E-state index contributed by atoms with van der Waals surface area (Å²) in [6.45, 7) is 0. The Bertz CT molecular complexity index is 557. The standard InChI is InChI=1S/C14H16F2N2O3/c15-14(16)20-11-3-1-2-10(12(11)21-14)13(19)18-9-6-4-8(17)5-7-9/h1-3,8-9H,4-7,17H2,(H,18,19). The van der Waals surface area contributed by atoms with E-state index in [1.54, 1.807) is 0 Å². The number of carbonyl (C=O) groups is 1. The van der Waals surface area contributed by atoms with Crippen molar-refractivity contribution < 1.29 is 23.0 Å². The number of hydrogen-bond donors (Lipinski definition) is 2. The van der Waals surface area contributed by atoms with Gasteiger partial charge in [0.1, 0.15) is 0 Å². The molecule has 1 aromatic carbocycles. The number of ether oxygens (including phenoxy) is 2. The Hall–Kier alpha value is -1.89. The van der Waals surface area contributed by atoms with Gasteiger partial charge in [0, 0.05) is 12.1 Å². The van der Waals surface area contributed by atoms with Crippen LogP contribution in [-0.4, -0.2) is 24.3 Å². The highest BCUT2D eigenvalue weighted by molar-refractivity contribution is 5.98. The molecule has 0 unspecified atom stereocenters. The zero-order chi connectivity index (χ0) is 15.0. The third-order valence-corrected chi connectivity index (χ3v) is 3.78. The molecule has 0 saturated heterocycles. The summed E-state index contributed by atoms with van der Waals surface area (Å²) in [5.74, 6) is -0.778. The van der Waals surface area contributed by atoms with E-state index in [9.17, 15) is 13.6 Å². The lowest BCUT2D eigenvalue weighted by atomic mass is 9.91. The Labute approximate surface area is 120 Å². The number of nitrogens with two attached hydrogens (primary N) is 1. The summed E-state index contributed by atoms with van der Waals surface area (Å²) in [4.78, 5) is 12.2. The highest BCUT2D eigenvalue weighted by atomic mass is 19.3. The van der Waals surface area contributed by atoms with Gasteiger partial charge in [0.15, 0.2) is 11.5 Å². The van der Waals surface area contributed by atoms with Crippen molar-refractivity contribution in [1.82, 2.24) is 5.32 Å². The van der Waals surface area contributed by atoms with Gasteiger partial charge in [-0.2, -0.15) is 0 Å². The number of para-hydroxylation sites is 1. The molecule has 1 aliphatic heterocycles. The third-order valence-electron chi connectivity index (χ3n) is 3.78. The minimum Gasteiger partial charge on any atom is -0.395 e. The van der Waals surface area contributed by atoms with E-state index in [0.717, 1.165) is 25.7 Å². The fourth-order valence-corrected chi connectivity index (χ4v) is 2.67. The molecular weight excluding hydrogens is 282 g/mol. The van der Waals surface area contributed by atoms with E-state index in [-0.39, 0.29) is 29.1 Å². The Balaban J connectivity index is 1.73. The summed E-state index contributed by atoms with van der Waals surface area (Å²) in [7, 11) is 0. The monoisotopic (exact) mass is 298 g/mol. The number of carbonyl (C=O) groups excluding carboxylic acids is 1. The van der Waals surface area contributed by atoms with Crippen molar-refractivity contribution in [1.29, 1.82) is 0 Å². The van der Waals surface area contributed by atoms with Crippen LogP contribution in [-0.2, 0) is 0 Å². The number of nitrogens with one attached hydrogen (secondary N) is 1. The van der Waals surface area contributed by atoms with Gasteiger partial charge in [-0.1, -0.05) is 6.07 Å². The number of benzene rings is 1. The molecule has 0 radical (unpaired) electrons. The number of fused-ring (bicyclic) bond motifs is 1. The van der Waals surface area contributed by atoms with Gasteiger partial charge in [-0.15, -0.1) is 8.78 Å². The molecule has 0 aromatic heterocycles. The maximum atomic E-state index is 13.1. The van der Waals surface area contributed by atoms with Gasteiger partial charge in [0.05, 0.1) is 5.56 Å². The third kappa shape index (κ3) is 2.92. The summed E-state index contributed by atoms with van der Waals surface area (Å²) in [6.07, 6.45) is -0.466. The van der Waals surface area contributed by atoms with Crippen LogP contribution in [0.2, 0.25) is 0 Å². The van der Waals surface area contributed by atoms with Crippen LogP contribution in [0.1, 0.15) is 36.0 Å². The molecule has 1 saturated carbocycles. The first-order valence-electron chi connectivity index (χ1n) is 6.90. The molecule has 1 fully saturated rings. The average Bonchev–Trinajstić information content (AvgIpc) is 2.74. The zero-order valence-electron chi connectivity index (χ0n) is 11.3. The van der Waals surface area contributed by atoms with Gasteiger partial charge in [0.2, 0.25) is 0 Å². The Morgan fingerprint density at radius 1 is 1.24 bits per heavy atom. The second-order valence-electron chi connectivity index (χ2n) is 5.39. The van der Waals surface area contributed by atoms with Crippen LogP contribution in [0, 0.1) is 0 Å². The first-order chi connectivity index (χ1) is 9.94. The molecule has 1 amide bonds. The van der Waals surface area contributed by atoms with E-state index in [1.807, 2.05) is 0 Å². The van der Waals surface area contributed by atoms with E-state index in [0.29, 0.717) is 0 Å². The van der Waals surface area contributed by atoms with Gasteiger partial charge in [-0.25, -0.2) is 0 Å². The smallest absolute Gasteiger partial charge is 0.395 e. The van der Waals surface area contributed by atoms with Crippen molar-refractivity contribution in [3.63, 3.8) is 0 Å². The predicted molar refractivity (Wildman–Crippen MR) is 70.3 cm³/mol. The summed E-state index contributed by atoms with van der Waals surface area (Å²) in [5.41, 5.74) is 5.87. The highest BCUT2D eigenvalue weighted by Gasteiger charge is 2.45. The van der Waals surface area contributed by atoms with Crippen molar-refractivity contribution in [2.75, 3.05) is 0 Å². The topological polar surface area (TPSA) is 73.6 Å². The quantitative estimate of drug-likeness (QED) is 0.876. The van der Waals surface area contributed by atoms with E-state index in [1.165, 1.54) is 18.2 Å². The van der Waals surface area contributed by atoms with Crippen molar-refractivity contribution in [2.24, 2.45) is 5.73 Å². The molecule has 7 heteroatoms. The van der Waals surface area contributed by atoms with Gasteiger partial charge in [-0.3, -0.25) is 4.79 Å². The molecule has 1 heterocycles. The van der Waals surface area contributed by atoms with Crippen LogP contribution >= 0.6 is 0 Å². The lowest BCUT2D eigenvalue weighted by molar-refractivity contribution is -0.286. The van der Waals surface area contributed by atoms with Crippen LogP contribution < -0.4 is 20.5 Å². The molecule has 21 heavy (non-hydrogen) atoms. The van der Waals surface area contributed by atoms with E-state index >= 15 is 0 Å². The lowest BCUT2D eigenvalue weighted by Crippen LogP contribution is -2.40. The molecule has 114 valence electrons. The molecule has 2 aliphatic rings. The first kappa shape index (κ1) is 14.1. The number of amides is 1. The highest BCUT2D eigenvalue weighted by Crippen LogP contribution is 2.43. The van der Waals surface area contributed by atoms with Crippen LogP contribution in [0.15, 0.2) is 18.2 Å². The van der Waals surface area contributed by atoms with E-state index in [2.05, 4.69) is 14.8 Å². The fourth-order valence-electron chi connectivity index (χ4n) is 2.67. The molecule has 5 nitrogen and oxygen atoms in total. The number of hydrogen-bond acceptors (Lipinski definition) is 4. The molecule has 0 atom stereocenters. The van der Waals surface area contributed by atoms with Crippen LogP contribution in [0.4, 0.5) is 8.78 Å². The SMILES string of the molecule is NC1CCC(NC(=O)c2cccc3c2OC(F)(F)O3)CC1. The van der Waals surface area contributed by atoms with Gasteiger partial charge in [0.25, 0.3) is 5.91 Å². The second kappa shape index (κ2) is 5.14. The van der Waals surface area contributed by atoms with Crippen LogP contribution in [0.3, 0.4) is 0 Å². The Kier molecular flexibility index (Phi) is 3.44. The molecule has 0 spiro atoms. The van der Waals surface area contributed by atoms with Gasteiger partial charge < -0.3 is 20.5 Å². The predicted octanol–water partition coefficient (Wildman–Crippen LogP) is 2.01. The largest absolute Gasteiger partial charge is 0.586 e. The fraction of sp³-hybridized carbons (Fsp3) is 0.500. The van der Waals surface area contributed by atoms with Crippen LogP contribution in [0.25, 0.3) is 0 Å². The van der Waals surface area contributed by atoms with Gasteiger partial charge in [-0.05, 0) is 37.8 Å². The zero-order valence-corrected chi connectivity index (χ0v) is 11.3. The summed E-state index contributed by atoms with van der Waals surface area (Å²) in [6, 6.07) is 4.45. The molecule has 3 N–H and O–H groups in total. The second-order valence-corrected chi connectivity index (χ2v) is 5.39. The number of alkyl halides is 2. The maximum Gasteiger partial charge on any atom is 0.586 e. The van der Waals surface area contributed by atoms with Crippen molar-refractivity contribution >= 4 is 5.91 Å². The molecule has 1 aromatic rings. The average molecular weight is 298 g/mol. The maximum absolute atomic E-state index is 13.1. The van der Waals surface area contributed by atoms with E-state index in [4.69, 9.17) is 5.73 Å². The minimum absolute atomic E-state index is 0.0102. The summed E-state index contributed by atoms with van der Waals surface area (Å²) in [5, 5.41) is 2.84. The summed E-state index contributed by atoms with van der Waals surface area (Å²) >= 11 is 0. The van der Waals surface area contributed by atoms with Gasteiger partial charge >= 0.3 is 6.29 Å².